The summed E-state index contributed by atoms with van der Waals surface area (Å²) in [7, 11) is 2.19. The van der Waals surface area contributed by atoms with Gasteiger partial charge < -0.3 is 10.2 Å². The Morgan fingerprint density at radius 1 is 0.567 bits per heavy atom. The van der Waals surface area contributed by atoms with Crippen LogP contribution in [0, 0.1) is 0 Å². The second kappa shape index (κ2) is 5.67. The summed E-state index contributed by atoms with van der Waals surface area (Å²) in [6, 6.07) is 33.2. The van der Waals surface area contributed by atoms with Crippen LogP contribution >= 0.6 is 0 Å². The fourth-order valence-corrected chi connectivity index (χ4v) is 5.56. The summed E-state index contributed by atoms with van der Waals surface area (Å²) in [5.74, 6) is 0. The Morgan fingerprint density at radius 2 is 1.20 bits per heavy atom. The standard InChI is InChI=1S/C27H19BN2/c1-30-23-12-6-11-21-27(23)28(26-20-10-5-3-8-18(20)14-16-24(26)30)25-19-9-4-2-7-17(19)13-15-22(25)29-21/h2-16,29H,1H3. The van der Waals surface area contributed by atoms with Crippen molar-refractivity contribution in [3.63, 3.8) is 0 Å². The molecule has 5 aromatic rings. The van der Waals surface area contributed by atoms with Crippen LogP contribution in [0.4, 0.5) is 22.7 Å². The van der Waals surface area contributed by atoms with E-state index >= 15 is 0 Å². The molecule has 0 bridgehead atoms. The van der Waals surface area contributed by atoms with Gasteiger partial charge in [0.1, 0.15) is 0 Å². The molecule has 0 amide bonds. The summed E-state index contributed by atoms with van der Waals surface area (Å²) >= 11 is 0. The third kappa shape index (κ3) is 1.94. The summed E-state index contributed by atoms with van der Waals surface area (Å²) in [6.45, 7) is 0.204. The monoisotopic (exact) mass is 382 g/mol. The van der Waals surface area contributed by atoms with Crippen LogP contribution in [0.3, 0.4) is 0 Å². The first-order valence-corrected chi connectivity index (χ1v) is 10.5. The van der Waals surface area contributed by atoms with Crippen LogP contribution in [0.2, 0.25) is 0 Å². The highest BCUT2D eigenvalue weighted by Gasteiger charge is 2.40. The van der Waals surface area contributed by atoms with Gasteiger partial charge in [0.15, 0.2) is 0 Å². The molecule has 140 valence electrons. The van der Waals surface area contributed by atoms with Crippen LogP contribution in [-0.4, -0.2) is 13.8 Å². The van der Waals surface area contributed by atoms with Crippen LogP contribution in [-0.2, 0) is 0 Å². The third-order valence-electron chi connectivity index (χ3n) is 6.86. The molecule has 0 aliphatic carbocycles. The average Bonchev–Trinajstić information content (AvgIpc) is 2.80. The molecule has 2 heterocycles. The summed E-state index contributed by atoms with van der Waals surface area (Å²) in [5.41, 5.74) is 9.19. The van der Waals surface area contributed by atoms with E-state index in [1.807, 2.05) is 0 Å². The van der Waals surface area contributed by atoms with E-state index in [1.165, 1.54) is 60.7 Å². The molecule has 3 heteroatoms. The van der Waals surface area contributed by atoms with E-state index in [2.05, 4.69) is 108 Å². The lowest BCUT2D eigenvalue weighted by Gasteiger charge is -2.40. The largest absolute Gasteiger partial charge is 0.356 e. The quantitative estimate of drug-likeness (QED) is 0.385. The maximum Gasteiger partial charge on any atom is 0.253 e. The van der Waals surface area contributed by atoms with Crippen LogP contribution in [0.25, 0.3) is 21.5 Å². The molecule has 0 unspecified atom stereocenters. The zero-order chi connectivity index (χ0) is 19.8. The molecule has 0 atom stereocenters. The number of benzene rings is 5. The van der Waals surface area contributed by atoms with Gasteiger partial charge in [-0.1, -0.05) is 66.7 Å². The predicted octanol–water partition coefficient (Wildman–Crippen LogP) is 4.65. The summed E-state index contributed by atoms with van der Waals surface area (Å²) in [5, 5.41) is 9.00. The van der Waals surface area contributed by atoms with Crippen molar-refractivity contribution in [2.45, 2.75) is 0 Å². The Morgan fingerprint density at radius 3 is 2.00 bits per heavy atom. The van der Waals surface area contributed by atoms with Gasteiger partial charge in [-0.05, 0) is 62.2 Å². The van der Waals surface area contributed by atoms with Gasteiger partial charge in [-0.3, -0.25) is 0 Å². The van der Waals surface area contributed by atoms with E-state index < -0.39 is 0 Å². The van der Waals surface area contributed by atoms with Crippen molar-refractivity contribution in [3.8, 4) is 0 Å². The van der Waals surface area contributed by atoms with Crippen molar-refractivity contribution in [1.82, 2.24) is 0 Å². The van der Waals surface area contributed by atoms with Gasteiger partial charge in [0.25, 0.3) is 6.71 Å². The Kier molecular flexibility index (Phi) is 3.05. The summed E-state index contributed by atoms with van der Waals surface area (Å²) < 4.78 is 0. The van der Waals surface area contributed by atoms with Crippen molar-refractivity contribution < 1.29 is 0 Å². The van der Waals surface area contributed by atoms with Crippen molar-refractivity contribution in [2.24, 2.45) is 0 Å². The minimum Gasteiger partial charge on any atom is -0.356 e. The lowest BCUT2D eigenvalue weighted by atomic mass is 9.32. The Hall–Kier alpha value is -3.72. The van der Waals surface area contributed by atoms with Crippen LogP contribution < -0.4 is 26.6 Å². The van der Waals surface area contributed by atoms with Crippen LogP contribution in [0.15, 0.2) is 91.0 Å². The SMILES string of the molecule is CN1c2cccc3c2B(c2c(ccc4ccccc24)N3)c2c1ccc1ccccc21. The first kappa shape index (κ1) is 16.1. The molecule has 2 nitrogen and oxygen atoms in total. The molecule has 0 saturated heterocycles. The van der Waals surface area contributed by atoms with Gasteiger partial charge in [0.05, 0.1) is 0 Å². The Labute approximate surface area is 175 Å². The predicted molar refractivity (Wildman–Crippen MR) is 130 cm³/mol. The molecular formula is C27H19BN2. The molecule has 1 N–H and O–H groups in total. The summed E-state index contributed by atoms with van der Waals surface area (Å²) in [4.78, 5) is 2.36. The maximum atomic E-state index is 3.74. The molecule has 0 fully saturated rings. The second-order valence-corrected chi connectivity index (χ2v) is 8.32. The number of fused-ring (bicyclic) bond motifs is 8. The van der Waals surface area contributed by atoms with E-state index in [0.717, 1.165) is 0 Å². The molecule has 7 rings (SSSR count). The van der Waals surface area contributed by atoms with Crippen molar-refractivity contribution >= 4 is 67.4 Å². The van der Waals surface area contributed by atoms with Gasteiger partial charge >= 0.3 is 0 Å². The van der Waals surface area contributed by atoms with E-state index in [9.17, 15) is 0 Å². The normalized spacial score (nSPS) is 13.6. The lowest BCUT2D eigenvalue weighted by molar-refractivity contribution is 1.22. The molecule has 0 radical (unpaired) electrons. The highest BCUT2D eigenvalue weighted by atomic mass is 15.1. The smallest absolute Gasteiger partial charge is 0.253 e. The van der Waals surface area contributed by atoms with Gasteiger partial charge in [-0.25, -0.2) is 0 Å². The zero-order valence-electron chi connectivity index (χ0n) is 16.7. The first-order chi connectivity index (χ1) is 14.8. The molecule has 30 heavy (non-hydrogen) atoms. The van der Waals surface area contributed by atoms with Crippen molar-refractivity contribution in [2.75, 3.05) is 17.3 Å². The highest BCUT2D eigenvalue weighted by Crippen LogP contribution is 2.36. The molecule has 0 saturated carbocycles. The van der Waals surface area contributed by atoms with Gasteiger partial charge in [0, 0.05) is 29.8 Å². The first-order valence-electron chi connectivity index (χ1n) is 10.5. The third-order valence-corrected chi connectivity index (χ3v) is 6.86. The maximum absolute atomic E-state index is 3.74. The number of anilines is 4. The van der Waals surface area contributed by atoms with Gasteiger partial charge in [-0.15, -0.1) is 0 Å². The number of nitrogens with zero attached hydrogens (tertiary/aromatic N) is 1. The minimum atomic E-state index is 0.204. The molecule has 2 aliphatic rings. The van der Waals surface area contributed by atoms with Crippen LogP contribution in [0.1, 0.15) is 0 Å². The Bertz CT molecular complexity index is 1500. The van der Waals surface area contributed by atoms with Crippen molar-refractivity contribution in [1.29, 1.82) is 0 Å². The van der Waals surface area contributed by atoms with Gasteiger partial charge in [0.2, 0.25) is 0 Å². The van der Waals surface area contributed by atoms with E-state index in [0.29, 0.717) is 0 Å². The van der Waals surface area contributed by atoms with E-state index in [-0.39, 0.29) is 6.71 Å². The van der Waals surface area contributed by atoms with E-state index in [4.69, 9.17) is 0 Å². The van der Waals surface area contributed by atoms with Gasteiger partial charge in [-0.2, -0.15) is 0 Å². The average molecular weight is 382 g/mol. The van der Waals surface area contributed by atoms with E-state index in [1.54, 1.807) is 0 Å². The summed E-state index contributed by atoms with van der Waals surface area (Å²) in [6.07, 6.45) is 0. The highest BCUT2D eigenvalue weighted by molar-refractivity contribution is 7.02. The second-order valence-electron chi connectivity index (χ2n) is 8.32. The zero-order valence-corrected chi connectivity index (χ0v) is 16.7. The number of rotatable bonds is 0. The topological polar surface area (TPSA) is 15.3 Å². The number of hydrogen-bond donors (Lipinski definition) is 1. The lowest BCUT2D eigenvalue weighted by Crippen LogP contribution is -2.60. The number of nitrogens with one attached hydrogen (secondary N) is 1. The van der Waals surface area contributed by atoms with Crippen molar-refractivity contribution in [3.05, 3.63) is 91.0 Å². The number of hydrogen-bond acceptors (Lipinski definition) is 2. The molecule has 5 aromatic carbocycles. The fraction of sp³-hybridized carbons (Fsp3) is 0.0370. The minimum absolute atomic E-state index is 0.204. The fourth-order valence-electron chi connectivity index (χ4n) is 5.56. The van der Waals surface area contributed by atoms with Crippen LogP contribution in [0.5, 0.6) is 0 Å². The molecular weight excluding hydrogens is 363 g/mol. The Balaban J connectivity index is 1.69. The molecule has 2 aliphatic heterocycles. The molecule has 0 spiro atoms. The molecule has 0 aromatic heterocycles.